The predicted molar refractivity (Wildman–Crippen MR) is 126 cm³/mol. The number of amides is 1. The van der Waals surface area contributed by atoms with Gasteiger partial charge in [-0.1, -0.05) is 20.8 Å². The molecule has 0 aliphatic heterocycles. The molecule has 0 aromatic heterocycles. The van der Waals surface area contributed by atoms with Crippen LogP contribution in [0.2, 0.25) is 0 Å². The summed E-state index contributed by atoms with van der Waals surface area (Å²) < 4.78 is 0. The molecule has 11 atom stereocenters. The van der Waals surface area contributed by atoms with Crippen LogP contribution < -0.4 is 5.32 Å². The first kappa shape index (κ1) is 25.0. The highest BCUT2D eigenvalue weighted by molar-refractivity contribution is 5.83. The largest absolute Gasteiger partial charge is 0.480 e. The molecule has 4 rings (SSSR count). The second-order valence-electron chi connectivity index (χ2n) is 12.6. The number of carboxylic acids is 1. The summed E-state index contributed by atoms with van der Waals surface area (Å²) in [7, 11) is 0. The second kappa shape index (κ2) is 9.14. The zero-order valence-electron chi connectivity index (χ0n) is 20.9. The van der Waals surface area contributed by atoms with E-state index in [2.05, 4.69) is 26.1 Å². The Bertz CT molecular complexity index is 757. The van der Waals surface area contributed by atoms with Gasteiger partial charge in [-0.05, 0) is 111 Å². The SMILES string of the molecule is C[C@H](NC(=O)CC[C@@H](C)[C@H]1CC[C@H]2[C@@H]3[C@H](O)C[C@@H]4C[C@H](O)CC[C@]4(C)[C@H]3CC[C@]12C)C(=O)O. The van der Waals surface area contributed by atoms with Crippen molar-refractivity contribution in [1.82, 2.24) is 5.32 Å². The summed E-state index contributed by atoms with van der Waals surface area (Å²) in [5.41, 5.74) is 0.441. The molecule has 0 unspecified atom stereocenters. The van der Waals surface area contributed by atoms with Gasteiger partial charge in [0.25, 0.3) is 0 Å². The average Bonchev–Trinajstić information content (AvgIpc) is 3.10. The van der Waals surface area contributed by atoms with Gasteiger partial charge >= 0.3 is 5.97 Å². The topological polar surface area (TPSA) is 107 Å². The lowest BCUT2D eigenvalue weighted by molar-refractivity contribution is -0.174. The van der Waals surface area contributed by atoms with Gasteiger partial charge in [0.15, 0.2) is 0 Å². The number of hydrogen-bond donors (Lipinski definition) is 4. The van der Waals surface area contributed by atoms with Gasteiger partial charge in [0.05, 0.1) is 12.2 Å². The van der Waals surface area contributed by atoms with Crippen molar-refractivity contribution in [1.29, 1.82) is 0 Å². The summed E-state index contributed by atoms with van der Waals surface area (Å²) in [6, 6.07) is -0.852. The van der Waals surface area contributed by atoms with Crippen molar-refractivity contribution in [2.24, 2.45) is 46.3 Å². The van der Waals surface area contributed by atoms with Crippen LogP contribution in [0.15, 0.2) is 0 Å². The lowest BCUT2D eigenvalue weighted by atomic mass is 9.43. The molecular formula is C27H45NO5. The van der Waals surface area contributed by atoms with Crippen LogP contribution in [0.4, 0.5) is 0 Å². The molecule has 188 valence electrons. The number of fused-ring (bicyclic) bond motifs is 5. The number of carbonyl (C=O) groups excluding carboxylic acids is 1. The Kier molecular flexibility index (Phi) is 6.92. The van der Waals surface area contributed by atoms with E-state index in [-0.39, 0.29) is 28.9 Å². The third-order valence-corrected chi connectivity index (χ3v) is 11.0. The van der Waals surface area contributed by atoms with Crippen molar-refractivity contribution in [2.75, 3.05) is 0 Å². The van der Waals surface area contributed by atoms with E-state index in [9.17, 15) is 19.8 Å². The quantitative estimate of drug-likeness (QED) is 0.477. The third-order valence-electron chi connectivity index (χ3n) is 11.0. The van der Waals surface area contributed by atoms with Gasteiger partial charge in [0.2, 0.25) is 5.91 Å². The van der Waals surface area contributed by atoms with Crippen molar-refractivity contribution in [3.05, 3.63) is 0 Å². The van der Waals surface area contributed by atoms with Crippen LogP contribution in [0.5, 0.6) is 0 Å². The van der Waals surface area contributed by atoms with Crippen LogP contribution in [0.25, 0.3) is 0 Å². The van der Waals surface area contributed by atoms with Gasteiger partial charge in [-0.3, -0.25) is 9.59 Å². The number of carboxylic acid groups (broad SMARTS) is 1. The fourth-order valence-electron chi connectivity index (χ4n) is 9.11. The number of nitrogens with one attached hydrogen (secondary N) is 1. The summed E-state index contributed by atoms with van der Waals surface area (Å²) >= 11 is 0. The molecule has 0 radical (unpaired) electrons. The highest BCUT2D eigenvalue weighted by atomic mass is 16.4. The third kappa shape index (κ3) is 4.35. The van der Waals surface area contributed by atoms with Crippen LogP contribution in [0.1, 0.15) is 91.9 Å². The first-order valence-electron chi connectivity index (χ1n) is 13.4. The standard InChI is InChI=1S/C27H45NO5/c1-15(5-8-23(31)28-16(2)25(32)33)19-6-7-20-24-21(10-12-27(19,20)4)26(3)11-9-18(29)13-17(26)14-22(24)30/h15-22,24,29-30H,5-14H2,1-4H3,(H,28,31)(H,32,33)/t15-,16+,17+,18-,19-,20+,21+,22-,24+,26+,27-/m1/s1. The van der Waals surface area contributed by atoms with E-state index < -0.39 is 12.0 Å². The van der Waals surface area contributed by atoms with Gasteiger partial charge in [-0.2, -0.15) is 0 Å². The summed E-state index contributed by atoms with van der Waals surface area (Å²) in [5.74, 6) is 1.63. The molecule has 0 saturated heterocycles. The molecule has 0 heterocycles. The predicted octanol–water partition coefficient (Wildman–Crippen LogP) is 3.98. The summed E-state index contributed by atoms with van der Waals surface area (Å²) in [4.78, 5) is 23.2. The van der Waals surface area contributed by atoms with Crippen LogP contribution in [0, 0.1) is 46.3 Å². The highest BCUT2D eigenvalue weighted by Crippen LogP contribution is 2.68. The molecule has 4 saturated carbocycles. The molecule has 4 aliphatic carbocycles. The number of aliphatic hydroxyl groups is 2. The lowest BCUT2D eigenvalue weighted by Crippen LogP contribution is -2.58. The van der Waals surface area contributed by atoms with Crippen molar-refractivity contribution in [3.8, 4) is 0 Å². The van der Waals surface area contributed by atoms with E-state index in [1.165, 1.54) is 13.3 Å². The van der Waals surface area contributed by atoms with E-state index in [0.29, 0.717) is 41.9 Å². The van der Waals surface area contributed by atoms with E-state index in [4.69, 9.17) is 5.11 Å². The maximum absolute atomic E-state index is 12.2. The fraction of sp³-hybridized carbons (Fsp3) is 0.926. The number of rotatable bonds is 6. The maximum Gasteiger partial charge on any atom is 0.325 e. The normalized spacial score (nSPS) is 46.4. The van der Waals surface area contributed by atoms with Crippen LogP contribution in [-0.4, -0.2) is 45.4 Å². The van der Waals surface area contributed by atoms with Gasteiger partial charge in [0.1, 0.15) is 6.04 Å². The lowest BCUT2D eigenvalue weighted by Gasteiger charge is -2.62. The van der Waals surface area contributed by atoms with Crippen molar-refractivity contribution in [3.63, 3.8) is 0 Å². The average molecular weight is 464 g/mol. The van der Waals surface area contributed by atoms with Crippen LogP contribution >= 0.6 is 0 Å². The Morgan fingerprint density at radius 1 is 0.970 bits per heavy atom. The molecule has 0 spiro atoms. The minimum absolute atomic E-state index is 0.179. The van der Waals surface area contributed by atoms with Crippen LogP contribution in [0.3, 0.4) is 0 Å². The minimum atomic E-state index is -1.01. The van der Waals surface area contributed by atoms with Gasteiger partial charge < -0.3 is 20.6 Å². The fourth-order valence-corrected chi connectivity index (χ4v) is 9.11. The maximum atomic E-state index is 12.2. The number of aliphatic hydroxyl groups excluding tert-OH is 2. The number of hydrogen-bond acceptors (Lipinski definition) is 4. The molecular weight excluding hydrogens is 418 g/mol. The molecule has 4 fully saturated rings. The van der Waals surface area contributed by atoms with Crippen molar-refractivity contribution < 1.29 is 24.9 Å². The van der Waals surface area contributed by atoms with Crippen LogP contribution in [-0.2, 0) is 9.59 Å². The Labute approximate surface area is 198 Å². The zero-order valence-corrected chi connectivity index (χ0v) is 20.9. The molecule has 6 nitrogen and oxygen atoms in total. The summed E-state index contributed by atoms with van der Waals surface area (Å²) in [6.45, 7) is 8.65. The molecule has 0 bridgehead atoms. The minimum Gasteiger partial charge on any atom is -0.480 e. The number of aliphatic carboxylic acids is 1. The molecule has 4 N–H and O–H groups in total. The Balaban J connectivity index is 1.43. The van der Waals surface area contributed by atoms with Crippen molar-refractivity contribution in [2.45, 2.75) is 110 Å². The summed E-state index contributed by atoms with van der Waals surface area (Å²) in [6.07, 6.45) is 9.02. The van der Waals surface area contributed by atoms with E-state index in [1.54, 1.807) is 0 Å². The first-order valence-corrected chi connectivity index (χ1v) is 13.4. The smallest absolute Gasteiger partial charge is 0.325 e. The van der Waals surface area contributed by atoms with E-state index in [1.807, 2.05) is 0 Å². The molecule has 4 aliphatic rings. The molecule has 6 heteroatoms. The van der Waals surface area contributed by atoms with E-state index >= 15 is 0 Å². The molecule has 1 amide bonds. The number of carbonyl (C=O) groups is 2. The molecule has 0 aromatic rings. The molecule has 33 heavy (non-hydrogen) atoms. The first-order chi connectivity index (χ1) is 15.5. The van der Waals surface area contributed by atoms with Gasteiger partial charge in [-0.25, -0.2) is 0 Å². The monoisotopic (exact) mass is 463 g/mol. The Hall–Kier alpha value is -1.14. The summed E-state index contributed by atoms with van der Waals surface area (Å²) in [5, 5.41) is 33.2. The van der Waals surface area contributed by atoms with Gasteiger partial charge in [-0.15, -0.1) is 0 Å². The highest BCUT2D eigenvalue weighted by Gasteiger charge is 2.62. The van der Waals surface area contributed by atoms with E-state index in [0.717, 1.165) is 51.4 Å². The molecule has 0 aromatic carbocycles. The zero-order chi connectivity index (χ0) is 24.1. The Morgan fingerprint density at radius 3 is 2.33 bits per heavy atom. The van der Waals surface area contributed by atoms with Crippen molar-refractivity contribution >= 4 is 11.9 Å². The van der Waals surface area contributed by atoms with Gasteiger partial charge in [0, 0.05) is 6.42 Å². The second-order valence-corrected chi connectivity index (χ2v) is 12.6. The Morgan fingerprint density at radius 2 is 1.64 bits per heavy atom.